The van der Waals surface area contributed by atoms with Crippen LogP contribution in [0.4, 0.5) is 5.95 Å². The smallest absolute Gasteiger partial charge is 0.223 e. The van der Waals surface area contributed by atoms with Crippen molar-refractivity contribution in [1.29, 1.82) is 0 Å². The summed E-state index contributed by atoms with van der Waals surface area (Å²) in [5.41, 5.74) is 6.40. The molecule has 0 atom stereocenters. The van der Waals surface area contributed by atoms with Gasteiger partial charge in [-0.3, -0.25) is 0 Å². The summed E-state index contributed by atoms with van der Waals surface area (Å²) in [6, 6.07) is 1.73. The van der Waals surface area contributed by atoms with Gasteiger partial charge in [0.15, 0.2) is 0 Å². The number of rotatable bonds is 5. The van der Waals surface area contributed by atoms with Gasteiger partial charge in [0, 0.05) is 18.3 Å². The fraction of sp³-hybridized carbons (Fsp3) is 0.615. The van der Waals surface area contributed by atoms with Crippen LogP contribution in [0.15, 0.2) is 12.3 Å². The van der Waals surface area contributed by atoms with Crippen LogP contribution in [0.2, 0.25) is 0 Å². The van der Waals surface area contributed by atoms with Gasteiger partial charge in [-0.05, 0) is 33.0 Å². The molecule has 2 rings (SSSR count). The van der Waals surface area contributed by atoms with Gasteiger partial charge >= 0.3 is 0 Å². The highest BCUT2D eigenvalue weighted by Gasteiger charge is 2.35. The average molecular weight is 279 g/mol. The monoisotopic (exact) mass is 279 g/mol. The van der Waals surface area contributed by atoms with E-state index in [1.807, 2.05) is 0 Å². The highest BCUT2D eigenvalue weighted by atomic mass is 32.1. The van der Waals surface area contributed by atoms with E-state index < -0.39 is 0 Å². The number of nitrogens with zero attached hydrogens (tertiary/aromatic N) is 3. The molecule has 3 N–H and O–H groups in total. The maximum absolute atomic E-state index is 5.58. The minimum Gasteiger partial charge on any atom is -0.388 e. The van der Waals surface area contributed by atoms with Crippen molar-refractivity contribution in [3.63, 3.8) is 0 Å². The Labute approximate surface area is 119 Å². The molecule has 0 saturated heterocycles. The molecule has 1 aliphatic rings. The molecule has 1 saturated carbocycles. The zero-order valence-corrected chi connectivity index (χ0v) is 12.3. The standard InChI is InChI=1S/C13H21N5S/c1-18(2)13(6-3-4-7-13)9-16-12-15-8-5-10(17-12)11(14)19/h5,8H,3-4,6-7,9H2,1-2H3,(H2,14,19)(H,15,16,17). The van der Waals surface area contributed by atoms with E-state index in [0.29, 0.717) is 16.6 Å². The number of nitrogens with two attached hydrogens (primary N) is 1. The Balaban J connectivity index is 2.05. The molecular formula is C13H21N5S. The Kier molecular flexibility index (Phi) is 4.31. The third-order valence-corrected chi connectivity index (χ3v) is 4.18. The normalized spacial score (nSPS) is 17.6. The summed E-state index contributed by atoms with van der Waals surface area (Å²) >= 11 is 4.93. The molecule has 0 unspecified atom stereocenters. The first-order valence-electron chi connectivity index (χ1n) is 6.58. The third kappa shape index (κ3) is 3.19. The van der Waals surface area contributed by atoms with Crippen molar-refractivity contribution in [2.45, 2.75) is 31.2 Å². The molecule has 104 valence electrons. The summed E-state index contributed by atoms with van der Waals surface area (Å²) in [6.07, 6.45) is 6.67. The van der Waals surface area contributed by atoms with E-state index >= 15 is 0 Å². The summed E-state index contributed by atoms with van der Waals surface area (Å²) in [7, 11) is 4.28. The number of aromatic nitrogens is 2. The van der Waals surface area contributed by atoms with Crippen LogP contribution in [0.3, 0.4) is 0 Å². The van der Waals surface area contributed by atoms with Gasteiger partial charge in [-0.2, -0.15) is 0 Å². The lowest BCUT2D eigenvalue weighted by molar-refractivity contribution is 0.172. The van der Waals surface area contributed by atoms with Crippen LogP contribution >= 0.6 is 12.2 Å². The third-order valence-electron chi connectivity index (χ3n) is 3.97. The van der Waals surface area contributed by atoms with Gasteiger partial charge in [-0.25, -0.2) is 9.97 Å². The van der Waals surface area contributed by atoms with Crippen molar-refractivity contribution in [2.24, 2.45) is 5.73 Å². The zero-order chi connectivity index (χ0) is 13.9. The van der Waals surface area contributed by atoms with Crippen LogP contribution in [0.5, 0.6) is 0 Å². The van der Waals surface area contributed by atoms with E-state index in [2.05, 4.69) is 34.3 Å². The van der Waals surface area contributed by atoms with Gasteiger partial charge in [0.2, 0.25) is 5.95 Å². The average Bonchev–Trinajstić information content (AvgIpc) is 2.87. The van der Waals surface area contributed by atoms with Crippen LogP contribution in [0, 0.1) is 0 Å². The molecule has 0 aromatic carbocycles. The van der Waals surface area contributed by atoms with Crippen LogP contribution in [-0.4, -0.2) is 46.0 Å². The highest BCUT2D eigenvalue weighted by Crippen LogP contribution is 2.33. The molecule has 1 heterocycles. The number of thiocarbonyl (C=S) groups is 1. The van der Waals surface area contributed by atoms with E-state index in [1.54, 1.807) is 12.3 Å². The van der Waals surface area contributed by atoms with Crippen LogP contribution in [-0.2, 0) is 0 Å². The number of hydrogen-bond donors (Lipinski definition) is 2. The molecule has 1 aromatic heterocycles. The Morgan fingerprint density at radius 2 is 2.16 bits per heavy atom. The maximum atomic E-state index is 5.58. The van der Waals surface area contributed by atoms with Crippen LogP contribution in [0.1, 0.15) is 31.4 Å². The van der Waals surface area contributed by atoms with Crippen molar-refractivity contribution < 1.29 is 0 Å². The molecule has 0 amide bonds. The molecule has 1 fully saturated rings. The second kappa shape index (κ2) is 5.79. The summed E-state index contributed by atoms with van der Waals surface area (Å²) in [6.45, 7) is 0.848. The van der Waals surface area contributed by atoms with E-state index in [-0.39, 0.29) is 5.54 Å². The minimum atomic E-state index is 0.211. The second-order valence-corrected chi connectivity index (χ2v) is 5.75. The minimum absolute atomic E-state index is 0.211. The predicted molar refractivity (Wildman–Crippen MR) is 81.3 cm³/mol. The van der Waals surface area contributed by atoms with Crippen molar-refractivity contribution >= 4 is 23.2 Å². The predicted octanol–water partition coefficient (Wildman–Crippen LogP) is 1.40. The first-order valence-corrected chi connectivity index (χ1v) is 6.98. The molecule has 19 heavy (non-hydrogen) atoms. The van der Waals surface area contributed by atoms with Crippen molar-refractivity contribution in [3.05, 3.63) is 18.0 Å². The summed E-state index contributed by atoms with van der Waals surface area (Å²) in [5.74, 6) is 0.596. The Bertz CT molecular complexity index is 454. The van der Waals surface area contributed by atoms with Crippen LogP contribution < -0.4 is 11.1 Å². The summed E-state index contributed by atoms with van der Waals surface area (Å²) in [5, 5.41) is 3.32. The van der Waals surface area contributed by atoms with E-state index in [0.717, 1.165) is 6.54 Å². The molecule has 1 aliphatic carbocycles. The van der Waals surface area contributed by atoms with Crippen LogP contribution in [0.25, 0.3) is 0 Å². The molecule has 1 aromatic rings. The molecule has 0 spiro atoms. The van der Waals surface area contributed by atoms with E-state index in [9.17, 15) is 0 Å². The number of nitrogens with one attached hydrogen (secondary N) is 1. The first kappa shape index (κ1) is 14.1. The molecular weight excluding hydrogens is 258 g/mol. The quantitative estimate of drug-likeness (QED) is 0.794. The lowest BCUT2D eigenvalue weighted by Gasteiger charge is -2.36. The van der Waals surface area contributed by atoms with Crippen molar-refractivity contribution in [2.75, 3.05) is 26.0 Å². The van der Waals surface area contributed by atoms with E-state index in [4.69, 9.17) is 18.0 Å². The first-order chi connectivity index (χ1) is 9.03. The van der Waals surface area contributed by atoms with E-state index in [1.165, 1.54) is 25.7 Å². The molecule has 0 radical (unpaired) electrons. The maximum Gasteiger partial charge on any atom is 0.223 e. The largest absolute Gasteiger partial charge is 0.388 e. The summed E-state index contributed by atoms with van der Waals surface area (Å²) < 4.78 is 0. The SMILES string of the molecule is CN(C)C1(CNc2nccc(C(N)=S)n2)CCCC1. The molecule has 6 heteroatoms. The zero-order valence-electron chi connectivity index (χ0n) is 11.5. The van der Waals surface area contributed by atoms with Crippen molar-refractivity contribution in [3.8, 4) is 0 Å². The van der Waals surface area contributed by atoms with Gasteiger partial charge in [0.25, 0.3) is 0 Å². The fourth-order valence-corrected chi connectivity index (χ4v) is 2.75. The lowest BCUT2D eigenvalue weighted by Crippen LogP contribution is -2.47. The van der Waals surface area contributed by atoms with Crippen molar-refractivity contribution in [1.82, 2.24) is 14.9 Å². The molecule has 0 bridgehead atoms. The molecule has 0 aliphatic heterocycles. The molecule has 5 nitrogen and oxygen atoms in total. The Morgan fingerprint density at radius 1 is 1.47 bits per heavy atom. The van der Waals surface area contributed by atoms with Gasteiger partial charge in [0.1, 0.15) is 10.7 Å². The fourth-order valence-electron chi connectivity index (χ4n) is 2.64. The van der Waals surface area contributed by atoms with Gasteiger partial charge in [0.05, 0.1) is 0 Å². The van der Waals surface area contributed by atoms with Gasteiger partial charge < -0.3 is 16.0 Å². The number of anilines is 1. The Morgan fingerprint density at radius 3 is 2.74 bits per heavy atom. The topological polar surface area (TPSA) is 67.1 Å². The summed E-state index contributed by atoms with van der Waals surface area (Å²) in [4.78, 5) is 11.1. The Hall–Kier alpha value is -1.27. The number of hydrogen-bond acceptors (Lipinski definition) is 5. The van der Waals surface area contributed by atoms with Gasteiger partial charge in [-0.15, -0.1) is 0 Å². The lowest BCUT2D eigenvalue weighted by atomic mass is 9.96. The number of likely N-dealkylation sites (N-methyl/N-ethyl adjacent to an activating group) is 1. The highest BCUT2D eigenvalue weighted by molar-refractivity contribution is 7.80. The van der Waals surface area contributed by atoms with Gasteiger partial charge in [-0.1, -0.05) is 25.1 Å². The second-order valence-electron chi connectivity index (χ2n) is 5.31.